The molecule has 2 N–H and O–H groups in total. The average molecular weight is 385 g/mol. The quantitative estimate of drug-likeness (QED) is 0.307. The first-order valence-electron chi connectivity index (χ1n) is 6.93. The highest BCUT2D eigenvalue weighted by Gasteiger charge is 2.09. The van der Waals surface area contributed by atoms with Gasteiger partial charge in [0.1, 0.15) is 0 Å². The van der Waals surface area contributed by atoms with Gasteiger partial charge < -0.3 is 15.4 Å². The fourth-order valence-electron chi connectivity index (χ4n) is 1.65. The van der Waals surface area contributed by atoms with E-state index in [1.54, 1.807) is 7.11 Å². The maximum atomic E-state index is 5.11. The Bertz CT molecular complexity index is 239. The van der Waals surface area contributed by atoms with Gasteiger partial charge >= 0.3 is 0 Å². The van der Waals surface area contributed by atoms with Crippen LogP contribution in [0, 0.1) is 5.41 Å². The molecule has 0 rings (SSSR count). The molecule has 0 aromatic heterocycles. The first kappa shape index (κ1) is 21.3. The number of hydrogen-bond acceptors (Lipinski definition) is 2. The number of halogens is 1. The molecule has 0 aliphatic heterocycles. The van der Waals surface area contributed by atoms with Crippen LogP contribution in [0.2, 0.25) is 0 Å². The van der Waals surface area contributed by atoms with Crippen molar-refractivity contribution in [3.05, 3.63) is 0 Å². The summed E-state index contributed by atoms with van der Waals surface area (Å²) in [4.78, 5) is 4.58. The Balaban J connectivity index is 0. The lowest BCUT2D eigenvalue weighted by molar-refractivity contribution is 0.179. The summed E-state index contributed by atoms with van der Waals surface area (Å²) in [5, 5.41) is 6.58. The molecule has 0 amide bonds. The molecule has 0 spiro atoms. The summed E-state index contributed by atoms with van der Waals surface area (Å²) >= 11 is 0. The molecule has 0 bridgehead atoms. The van der Waals surface area contributed by atoms with Crippen molar-refractivity contribution in [3.8, 4) is 0 Å². The Labute approximate surface area is 136 Å². The summed E-state index contributed by atoms with van der Waals surface area (Å²) in [6, 6.07) is 0.274. The number of methoxy groups -OCH3 is 1. The van der Waals surface area contributed by atoms with Crippen LogP contribution in [0.3, 0.4) is 0 Å². The molecule has 0 saturated heterocycles. The van der Waals surface area contributed by atoms with E-state index in [9.17, 15) is 0 Å². The molecule has 5 heteroatoms. The smallest absolute Gasteiger partial charge is 0.191 e. The number of rotatable bonds is 7. The highest BCUT2D eigenvalue weighted by atomic mass is 127. The molecular weight excluding hydrogens is 353 g/mol. The van der Waals surface area contributed by atoms with Crippen LogP contribution in [0.15, 0.2) is 4.99 Å². The zero-order valence-electron chi connectivity index (χ0n) is 13.4. The van der Waals surface area contributed by atoms with E-state index in [0.29, 0.717) is 12.0 Å². The zero-order valence-corrected chi connectivity index (χ0v) is 15.7. The van der Waals surface area contributed by atoms with Crippen LogP contribution in [-0.4, -0.2) is 38.8 Å². The maximum Gasteiger partial charge on any atom is 0.191 e. The molecule has 19 heavy (non-hydrogen) atoms. The third-order valence-electron chi connectivity index (χ3n) is 2.50. The Hall–Kier alpha value is -0.0400. The molecule has 0 heterocycles. The molecule has 0 radical (unpaired) electrons. The van der Waals surface area contributed by atoms with Gasteiger partial charge in [-0.2, -0.15) is 0 Å². The van der Waals surface area contributed by atoms with Gasteiger partial charge in [0.15, 0.2) is 5.96 Å². The van der Waals surface area contributed by atoms with E-state index in [1.807, 2.05) is 0 Å². The zero-order chi connectivity index (χ0) is 14.0. The second kappa shape index (κ2) is 11.8. The molecule has 1 atom stereocenters. The first-order chi connectivity index (χ1) is 8.39. The van der Waals surface area contributed by atoms with Crippen LogP contribution in [0.4, 0.5) is 0 Å². The van der Waals surface area contributed by atoms with E-state index < -0.39 is 0 Å². The SMILES string of the molecule is CCNC(=NCCCC(C)(C)C)NC(C)COC.I. The monoisotopic (exact) mass is 385 g/mol. The van der Waals surface area contributed by atoms with Crippen molar-refractivity contribution in [1.29, 1.82) is 0 Å². The van der Waals surface area contributed by atoms with Gasteiger partial charge in [0.2, 0.25) is 0 Å². The number of nitrogens with one attached hydrogen (secondary N) is 2. The van der Waals surface area contributed by atoms with Crippen molar-refractivity contribution in [1.82, 2.24) is 10.6 Å². The van der Waals surface area contributed by atoms with Crippen LogP contribution in [0.5, 0.6) is 0 Å². The standard InChI is InChI=1S/C14H31N3O.HI/c1-7-15-13(17-12(2)11-18-6)16-10-8-9-14(3,4)5;/h12H,7-11H2,1-6H3,(H2,15,16,17);1H. The number of ether oxygens (including phenoxy) is 1. The molecule has 0 aliphatic rings. The first-order valence-corrected chi connectivity index (χ1v) is 6.93. The lowest BCUT2D eigenvalue weighted by Gasteiger charge is -2.18. The molecule has 0 aliphatic carbocycles. The van der Waals surface area contributed by atoms with Crippen molar-refractivity contribution in [2.75, 3.05) is 26.8 Å². The van der Waals surface area contributed by atoms with Crippen molar-refractivity contribution in [3.63, 3.8) is 0 Å². The molecule has 1 unspecified atom stereocenters. The van der Waals surface area contributed by atoms with Crippen LogP contribution < -0.4 is 10.6 Å². The summed E-state index contributed by atoms with van der Waals surface area (Å²) < 4.78 is 5.11. The van der Waals surface area contributed by atoms with Crippen molar-refractivity contribution in [2.45, 2.75) is 53.5 Å². The van der Waals surface area contributed by atoms with Gasteiger partial charge in [-0.05, 0) is 32.1 Å². The topological polar surface area (TPSA) is 45.7 Å². The van der Waals surface area contributed by atoms with Crippen LogP contribution in [-0.2, 0) is 4.74 Å². The number of aliphatic imine (C=N–C) groups is 1. The van der Waals surface area contributed by atoms with Crippen molar-refractivity contribution >= 4 is 29.9 Å². The maximum absolute atomic E-state index is 5.11. The van der Waals surface area contributed by atoms with Crippen LogP contribution in [0.25, 0.3) is 0 Å². The van der Waals surface area contributed by atoms with Gasteiger partial charge in [-0.1, -0.05) is 20.8 Å². The summed E-state index contributed by atoms with van der Waals surface area (Å²) in [5.41, 5.74) is 0.393. The molecule has 0 fully saturated rings. The predicted molar refractivity (Wildman–Crippen MR) is 94.6 cm³/mol. The van der Waals surface area contributed by atoms with Crippen LogP contribution in [0.1, 0.15) is 47.5 Å². The van der Waals surface area contributed by atoms with Gasteiger partial charge in [-0.25, -0.2) is 0 Å². The predicted octanol–water partition coefficient (Wildman–Crippen LogP) is 3.02. The minimum atomic E-state index is 0. The summed E-state index contributed by atoms with van der Waals surface area (Å²) in [7, 11) is 1.71. The van der Waals surface area contributed by atoms with Crippen molar-refractivity contribution in [2.24, 2.45) is 10.4 Å². The third kappa shape index (κ3) is 14.2. The highest BCUT2D eigenvalue weighted by molar-refractivity contribution is 14.0. The van der Waals surface area contributed by atoms with E-state index in [2.05, 4.69) is 50.2 Å². The lowest BCUT2D eigenvalue weighted by Crippen LogP contribution is -2.44. The van der Waals surface area contributed by atoms with Gasteiger partial charge in [0.05, 0.1) is 6.61 Å². The lowest BCUT2D eigenvalue weighted by atomic mass is 9.91. The number of nitrogens with zero attached hydrogens (tertiary/aromatic N) is 1. The van der Waals surface area contributed by atoms with E-state index in [4.69, 9.17) is 4.74 Å². The molecular formula is C14H32IN3O. The Morgan fingerprint density at radius 2 is 1.95 bits per heavy atom. The minimum absolute atomic E-state index is 0. The van der Waals surface area contributed by atoms with Gasteiger partial charge in [0, 0.05) is 26.2 Å². The molecule has 0 aromatic carbocycles. The van der Waals surface area contributed by atoms with Crippen LogP contribution >= 0.6 is 24.0 Å². The molecule has 0 saturated carbocycles. The van der Waals surface area contributed by atoms with Gasteiger partial charge in [-0.3, -0.25) is 4.99 Å². The van der Waals surface area contributed by atoms with E-state index in [1.165, 1.54) is 6.42 Å². The highest BCUT2D eigenvalue weighted by Crippen LogP contribution is 2.20. The normalized spacial score (nSPS) is 13.7. The number of guanidine groups is 1. The number of hydrogen-bond donors (Lipinski definition) is 2. The third-order valence-corrected chi connectivity index (χ3v) is 2.50. The minimum Gasteiger partial charge on any atom is -0.383 e. The molecule has 116 valence electrons. The fourth-order valence-corrected chi connectivity index (χ4v) is 1.65. The Kier molecular flexibility index (Phi) is 13.2. The summed E-state index contributed by atoms with van der Waals surface area (Å²) in [6.45, 7) is 13.4. The van der Waals surface area contributed by atoms with Gasteiger partial charge in [-0.15, -0.1) is 24.0 Å². The van der Waals surface area contributed by atoms with E-state index >= 15 is 0 Å². The Morgan fingerprint density at radius 3 is 2.42 bits per heavy atom. The molecule has 0 aromatic rings. The second-order valence-corrected chi connectivity index (χ2v) is 5.93. The van der Waals surface area contributed by atoms with Crippen molar-refractivity contribution < 1.29 is 4.74 Å². The average Bonchev–Trinajstić information content (AvgIpc) is 2.23. The Morgan fingerprint density at radius 1 is 1.32 bits per heavy atom. The summed E-state index contributed by atoms with van der Waals surface area (Å²) in [5.74, 6) is 0.885. The van der Waals surface area contributed by atoms with E-state index in [0.717, 1.165) is 25.5 Å². The second-order valence-electron chi connectivity index (χ2n) is 5.93. The summed E-state index contributed by atoms with van der Waals surface area (Å²) in [6.07, 6.45) is 2.32. The van der Waals surface area contributed by atoms with E-state index in [-0.39, 0.29) is 30.0 Å². The van der Waals surface area contributed by atoms with Gasteiger partial charge in [0.25, 0.3) is 0 Å². The molecule has 4 nitrogen and oxygen atoms in total. The largest absolute Gasteiger partial charge is 0.383 e. The fraction of sp³-hybridized carbons (Fsp3) is 0.929.